The third-order valence-electron chi connectivity index (χ3n) is 3.04. The van der Waals surface area contributed by atoms with Crippen LogP contribution in [0.25, 0.3) is 0 Å². The first-order valence-corrected chi connectivity index (χ1v) is 5.67. The van der Waals surface area contributed by atoms with E-state index in [0.717, 1.165) is 23.8 Å². The third kappa shape index (κ3) is 2.69. The summed E-state index contributed by atoms with van der Waals surface area (Å²) < 4.78 is 0. The molecule has 1 saturated heterocycles. The molecule has 0 saturated carbocycles. The van der Waals surface area contributed by atoms with Crippen LogP contribution >= 0.6 is 0 Å². The van der Waals surface area contributed by atoms with Crippen molar-refractivity contribution in [3.8, 4) is 0 Å². The summed E-state index contributed by atoms with van der Waals surface area (Å²) in [5, 5.41) is 0. The van der Waals surface area contributed by atoms with Gasteiger partial charge in [0.25, 0.3) is 0 Å². The van der Waals surface area contributed by atoms with Gasteiger partial charge < -0.3 is 5.73 Å². The van der Waals surface area contributed by atoms with Crippen molar-refractivity contribution in [3.05, 3.63) is 24.0 Å². The quantitative estimate of drug-likeness (QED) is 0.801. The number of piperidine rings is 1. The molecule has 0 aromatic carbocycles. The van der Waals surface area contributed by atoms with Gasteiger partial charge in [0, 0.05) is 19.3 Å². The summed E-state index contributed by atoms with van der Waals surface area (Å²) in [6, 6.07) is 3.81. The number of hydrogen-bond acceptors (Lipinski definition) is 3. The number of likely N-dealkylation sites (tertiary alicyclic amines) is 1. The lowest BCUT2D eigenvalue weighted by Gasteiger charge is -2.30. The Morgan fingerprint density at radius 1 is 1.60 bits per heavy atom. The van der Waals surface area contributed by atoms with Gasteiger partial charge in [-0.15, -0.1) is 0 Å². The summed E-state index contributed by atoms with van der Waals surface area (Å²) in [7, 11) is 0. The molecule has 15 heavy (non-hydrogen) atoms. The maximum Gasteiger partial charge on any atom is 0.0772 e. The largest absolute Gasteiger partial charge is 0.397 e. The van der Waals surface area contributed by atoms with Gasteiger partial charge in [-0.1, -0.05) is 6.92 Å². The normalized spacial score (nSPS) is 22.9. The fourth-order valence-electron chi connectivity index (χ4n) is 2.22. The Labute approximate surface area is 91.3 Å². The molecule has 1 atom stereocenters. The minimum Gasteiger partial charge on any atom is -0.397 e. The van der Waals surface area contributed by atoms with Gasteiger partial charge in [-0.05, 0) is 37.4 Å². The highest BCUT2D eigenvalue weighted by atomic mass is 15.1. The average Bonchev–Trinajstić information content (AvgIpc) is 2.22. The summed E-state index contributed by atoms with van der Waals surface area (Å²) in [6.45, 7) is 5.57. The smallest absolute Gasteiger partial charge is 0.0772 e. The highest BCUT2D eigenvalue weighted by Gasteiger charge is 2.17. The molecule has 1 aliphatic rings. The average molecular weight is 205 g/mol. The van der Waals surface area contributed by atoms with Crippen LogP contribution in [0.5, 0.6) is 0 Å². The van der Waals surface area contributed by atoms with Crippen LogP contribution < -0.4 is 5.73 Å². The number of hydrogen-bond donors (Lipinski definition) is 1. The Kier molecular flexibility index (Phi) is 3.21. The van der Waals surface area contributed by atoms with E-state index in [1.807, 2.05) is 18.3 Å². The van der Waals surface area contributed by atoms with Crippen molar-refractivity contribution >= 4 is 5.69 Å². The van der Waals surface area contributed by atoms with Gasteiger partial charge >= 0.3 is 0 Å². The van der Waals surface area contributed by atoms with E-state index in [2.05, 4.69) is 16.8 Å². The third-order valence-corrected chi connectivity index (χ3v) is 3.04. The molecule has 1 aromatic heterocycles. The van der Waals surface area contributed by atoms with E-state index in [1.165, 1.54) is 25.9 Å². The van der Waals surface area contributed by atoms with Crippen molar-refractivity contribution in [2.75, 3.05) is 18.8 Å². The molecule has 0 radical (unpaired) electrons. The molecule has 0 spiro atoms. The fourth-order valence-corrected chi connectivity index (χ4v) is 2.22. The number of pyridine rings is 1. The van der Waals surface area contributed by atoms with E-state index in [4.69, 9.17) is 5.73 Å². The van der Waals surface area contributed by atoms with Crippen LogP contribution in [0.15, 0.2) is 18.3 Å². The van der Waals surface area contributed by atoms with Gasteiger partial charge in [0.05, 0.1) is 11.4 Å². The number of anilines is 1. The van der Waals surface area contributed by atoms with Crippen molar-refractivity contribution in [1.29, 1.82) is 0 Å². The number of nitrogen functional groups attached to an aromatic ring is 1. The lowest BCUT2D eigenvalue weighted by atomic mass is 10.0. The molecular formula is C12H19N3. The van der Waals surface area contributed by atoms with E-state index in [9.17, 15) is 0 Å². The number of rotatable bonds is 2. The second-order valence-corrected chi connectivity index (χ2v) is 4.52. The number of aromatic nitrogens is 1. The van der Waals surface area contributed by atoms with Crippen molar-refractivity contribution in [2.45, 2.75) is 26.3 Å². The van der Waals surface area contributed by atoms with Crippen molar-refractivity contribution in [2.24, 2.45) is 5.92 Å². The minimum atomic E-state index is 0.809. The van der Waals surface area contributed by atoms with E-state index >= 15 is 0 Å². The summed E-state index contributed by atoms with van der Waals surface area (Å²) in [6.07, 6.45) is 4.47. The van der Waals surface area contributed by atoms with Gasteiger partial charge in [-0.3, -0.25) is 9.88 Å². The standard InChI is InChI=1S/C12H19N3/c1-10-4-3-7-15(8-10)9-12-11(13)5-2-6-14-12/h2,5-6,10H,3-4,7-9,13H2,1H3. The SMILES string of the molecule is CC1CCCN(Cc2ncccc2N)C1. The van der Waals surface area contributed by atoms with Crippen LogP contribution in [0.3, 0.4) is 0 Å². The molecule has 2 rings (SSSR count). The fraction of sp³-hybridized carbons (Fsp3) is 0.583. The van der Waals surface area contributed by atoms with Crippen LogP contribution in [-0.2, 0) is 6.54 Å². The van der Waals surface area contributed by atoms with Gasteiger partial charge in [-0.2, -0.15) is 0 Å². The molecule has 3 nitrogen and oxygen atoms in total. The molecule has 1 unspecified atom stereocenters. The first kappa shape index (κ1) is 10.4. The summed E-state index contributed by atoms with van der Waals surface area (Å²) in [5.41, 5.74) is 7.72. The second-order valence-electron chi connectivity index (χ2n) is 4.52. The van der Waals surface area contributed by atoms with Crippen LogP contribution in [-0.4, -0.2) is 23.0 Å². The topological polar surface area (TPSA) is 42.2 Å². The molecule has 1 fully saturated rings. The van der Waals surface area contributed by atoms with Crippen molar-refractivity contribution < 1.29 is 0 Å². The van der Waals surface area contributed by atoms with E-state index < -0.39 is 0 Å². The number of nitrogens with two attached hydrogens (primary N) is 1. The molecule has 82 valence electrons. The van der Waals surface area contributed by atoms with Gasteiger partial charge in [0.2, 0.25) is 0 Å². The van der Waals surface area contributed by atoms with Crippen LogP contribution in [0.4, 0.5) is 5.69 Å². The molecule has 0 bridgehead atoms. The maximum absolute atomic E-state index is 5.88. The molecule has 0 amide bonds. The van der Waals surface area contributed by atoms with Crippen LogP contribution in [0, 0.1) is 5.92 Å². The zero-order valence-corrected chi connectivity index (χ0v) is 9.32. The van der Waals surface area contributed by atoms with E-state index in [1.54, 1.807) is 0 Å². The Hall–Kier alpha value is -1.09. The zero-order chi connectivity index (χ0) is 10.7. The summed E-state index contributed by atoms with van der Waals surface area (Å²) in [4.78, 5) is 6.78. The molecule has 3 heteroatoms. The lowest BCUT2D eigenvalue weighted by molar-refractivity contribution is 0.175. The van der Waals surface area contributed by atoms with Gasteiger partial charge in [-0.25, -0.2) is 0 Å². The second kappa shape index (κ2) is 4.62. The summed E-state index contributed by atoms with van der Waals surface area (Å²) in [5.74, 6) is 0.809. The van der Waals surface area contributed by atoms with Crippen molar-refractivity contribution in [1.82, 2.24) is 9.88 Å². The Balaban J connectivity index is 1.99. The first-order chi connectivity index (χ1) is 7.25. The molecule has 0 aliphatic carbocycles. The summed E-state index contributed by atoms with van der Waals surface area (Å²) >= 11 is 0. The molecule has 1 aromatic rings. The molecule has 2 N–H and O–H groups in total. The van der Waals surface area contributed by atoms with Crippen molar-refractivity contribution in [3.63, 3.8) is 0 Å². The number of nitrogens with zero attached hydrogens (tertiary/aromatic N) is 2. The Morgan fingerprint density at radius 2 is 2.47 bits per heavy atom. The van der Waals surface area contributed by atoms with Crippen LogP contribution in [0.1, 0.15) is 25.5 Å². The highest BCUT2D eigenvalue weighted by Crippen LogP contribution is 2.18. The van der Waals surface area contributed by atoms with Crippen LogP contribution in [0.2, 0.25) is 0 Å². The van der Waals surface area contributed by atoms with Gasteiger partial charge in [0.15, 0.2) is 0 Å². The predicted octanol–water partition coefficient (Wildman–Crippen LogP) is 1.90. The minimum absolute atomic E-state index is 0.809. The maximum atomic E-state index is 5.88. The Morgan fingerprint density at radius 3 is 3.20 bits per heavy atom. The lowest BCUT2D eigenvalue weighted by Crippen LogP contribution is -2.34. The molecular weight excluding hydrogens is 186 g/mol. The van der Waals surface area contributed by atoms with Gasteiger partial charge in [0.1, 0.15) is 0 Å². The first-order valence-electron chi connectivity index (χ1n) is 5.67. The van der Waals surface area contributed by atoms with E-state index in [-0.39, 0.29) is 0 Å². The zero-order valence-electron chi connectivity index (χ0n) is 9.32. The highest BCUT2D eigenvalue weighted by molar-refractivity contribution is 5.41. The van der Waals surface area contributed by atoms with E-state index in [0.29, 0.717) is 0 Å². The molecule has 1 aliphatic heterocycles. The molecule has 2 heterocycles. The Bertz CT molecular complexity index is 324. The monoisotopic (exact) mass is 205 g/mol. The predicted molar refractivity (Wildman–Crippen MR) is 62.3 cm³/mol.